The Morgan fingerprint density at radius 1 is 0.235 bits per heavy atom. The molecule has 0 fully saturated rings. The largest absolute Gasteiger partial charge is 0.303 e. The first-order valence-corrected chi connectivity index (χ1v) is 22.6. The third-order valence-electron chi connectivity index (χ3n) is 11.3. The number of rotatable bonds is 3. The molecule has 0 aromatic rings. The summed E-state index contributed by atoms with van der Waals surface area (Å²) in [4.78, 5) is 32.8. The number of hydrogen-bond acceptors (Lipinski definition) is 3. The van der Waals surface area contributed by atoms with E-state index < -0.39 is 0 Å². The van der Waals surface area contributed by atoms with Crippen LogP contribution < -0.4 is 0 Å². The summed E-state index contributed by atoms with van der Waals surface area (Å²) in [6.45, 7) is 0. The maximum atomic E-state index is 10.9. The van der Waals surface area contributed by atoms with Crippen molar-refractivity contribution in [3.63, 3.8) is 0 Å². The van der Waals surface area contributed by atoms with Crippen LogP contribution in [0.3, 0.4) is 0 Å². The molecule has 3 aliphatic rings. The van der Waals surface area contributed by atoms with Crippen molar-refractivity contribution in [1.29, 1.82) is 0 Å². The van der Waals surface area contributed by atoms with Gasteiger partial charge in [0.25, 0.3) is 0 Å². The quantitative estimate of drug-likeness (QED) is 0.217. The lowest BCUT2D eigenvalue weighted by atomic mass is 9.96. The minimum Gasteiger partial charge on any atom is -0.303 e. The summed E-state index contributed by atoms with van der Waals surface area (Å²) >= 11 is 0. The van der Waals surface area contributed by atoms with Crippen LogP contribution in [0.5, 0.6) is 0 Å². The lowest BCUT2D eigenvalue weighted by Crippen LogP contribution is -2.02. The van der Waals surface area contributed by atoms with Gasteiger partial charge >= 0.3 is 0 Å². The van der Waals surface area contributed by atoms with Gasteiger partial charge in [0.1, 0.15) is 18.9 Å². The number of carbonyl (C=O) groups is 3. The molecule has 3 nitrogen and oxygen atoms in total. The van der Waals surface area contributed by atoms with Crippen LogP contribution in [0, 0.1) is 17.8 Å². The Kier molecular flexibility index (Phi) is 36.5. The highest BCUT2D eigenvalue weighted by Gasteiger charge is 2.09. The molecule has 1 unspecified atom stereocenters. The molecule has 0 saturated carbocycles. The molecule has 0 aromatic carbocycles. The zero-order chi connectivity index (χ0) is 36.6. The predicted octanol–water partition coefficient (Wildman–Crippen LogP) is 15.2. The Morgan fingerprint density at radius 2 is 0.392 bits per heavy atom. The Hall–Kier alpha value is -1.77. The van der Waals surface area contributed by atoms with Gasteiger partial charge in [-0.25, -0.2) is 0 Å². The first-order chi connectivity index (χ1) is 25.3. The highest BCUT2D eigenvalue weighted by atomic mass is 16.1. The van der Waals surface area contributed by atoms with Crippen molar-refractivity contribution in [2.24, 2.45) is 17.8 Å². The van der Waals surface area contributed by atoms with Crippen molar-refractivity contribution >= 4 is 18.9 Å². The minimum atomic E-state index is 0.343. The second kappa shape index (κ2) is 39.4. The fraction of sp³-hybridized carbons (Fsp3) is 0.812. The molecule has 3 aliphatic carbocycles. The van der Waals surface area contributed by atoms with E-state index >= 15 is 0 Å². The Labute approximate surface area is 317 Å². The monoisotopic (exact) mass is 709 g/mol. The summed E-state index contributed by atoms with van der Waals surface area (Å²) < 4.78 is 0. The lowest BCUT2D eigenvalue weighted by Gasteiger charge is -2.09. The molecule has 0 heterocycles. The van der Waals surface area contributed by atoms with E-state index in [2.05, 4.69) is 36.5 Å². The van der Waals surface area contributed by atoms with Gasteiger partial charge in [-0.05, 0) is 116 Å². The zero-order valence-corrected chi connectivity index (χ0v) is 33.6. The number of allylic oxidation sites excluding steroid dienone is 6. The molecule has 0 spiro atoms. The summed E-state index contributed by atoms with van der Waals surface area (Å²) in [6, 6.07) is 0. The zero-order valence-electron chi connectivity index (χ0n) is 33.6. The van der Waals surface area contributed by atoms with Crippen LogP contribution in [-0.4, -0.2) is 18.9 Å². The third-order valence-corrected chi connectivity index (χ3v) is 11.3. The van der Waals surface area contributed by atoms with Gasteiger partial charge in [0, 0.05) is 17.8 Å². The van der Waals surface area contributed by atoms with Crippen molar-refractivity contribution < 1.29 is 14.4 Å². The van der Waals surface area contributed by atoms with Gasteiger partial charge < -0.3 is 14.4 Å². The second-order valence-electron chi connectivity index (χ2n) is 16.1. The van der Waals surface area contributed by atoms with E-state index in [4.69, 9.17) is 0 Å². The Balaban J connectivity index is 0.000000382. The van der Waals surface area contributed by atoms with Gasteiger partial charge in [-0.15, -0.1) is 0 Å². The predicted molar refractivity (Wildman–Crippen MR) is 222 cm³/mol. The molecule has 0 saturated heterocycles. The van der Waals surface area contributed by atoms with Crippen molar-refractivity contribution in [1.82, 2.24) is 0 Å². The summed E-state index contributed by atoms with van der Waals surface area (Å²) in [5, 5.41) is 0. The molecule has 1 atom stereocenters. The second-order valence-corrected chi connectivity index (χ2v) is 16.1. The molecule has 0 aromatic heterocycles. The fourth-order valence-electron chi connectivity index (χ4n) is 7.68. The molecule has 3 heteroatoms. The first kappa shape index (κ1) is 47.3. The molecule has 51 heavy (non-hydrogen) atoms. The summed E-state index contributed by atoms with van der Waals surface area (Å²) in [6.07, 6.45) is 63.1. The van der Waals surface area contributed by atoms with Crippen LogP contribution in [0.25, 0.3) is 0 Å². The standard InChI is InChI=1S/3C16H28O/c3*17-15-16-13-11-9-7-5-3-1-2-4-6-8-10-12-14-16/h1,3,15-16H,2,4-14H2;2*1-2,15-16H,3-14H2/b3-1+;2-1+;2-1-. The van der Waals surface area contributed by atoms with Gasteiger partial charge in [-0.3, -0.25) is 0 Å². The SMILES string of the molecule is O=CC1CCCCC/C=C/CCCCCCC1.O=CC1CCCCCC/C=C/CCCCCC1.O=CC1CCCCCC/C=C\CCCCCC1. The van der Waals surface area contributed by atoms with Gasteiger partial charge in [-0.2, -0.15) is 0 Å². The van der Waals surface area contributed by atoms with Gasteiger partial charge in [0.15, 0.2) is 0 Å². The van der Waals surface area contributed by atoms with E-state index in [1.807, 2.05) is 0 Å². The minimum absolute atomic E-state index is 0.343. The maximum Gasteiger partial charge on any atom is 0.123 e. The highest BCUT2D eigenvalue weighted by molar-refractivity contribution is 5.53. The van der Waals surface area contributed by atoms with Crippen LogP contribution >= 0.6 is 0 Å². The number of aldehydes is 3. The molecule has 0 N–H and O–H groups in total. The van der Waals surface area contributed by atoms with Crippen LogP contribution in [0.2, 0.25) is 0 Å². The summed E-state index contributed by atoms with van der Waals surface area (Å²) in [5.41, 5.74) is 0. The fourth-order valence-corrected chi connectivity index (χ4v) is 7.68. The number of carbonyl (C=O) groups excluding carboxylic acids is 3. The van der Waals surface area contributed by atoms with E-state index in [-0.39, 0.29) is 0 Å². The van der Waals surface area contributed by atoms with E-state index in [9.17, 15) is 14.4 Å². The van der Waals surface area contributed by atoms with Gasteiger partial charge in [0.2, 0.25) is 0 Å². The van der Waals surface area contributed by atoms with E-state index in [0.717, 1.165) is 38.5 Å². The molecular formula is C48H84O3. The summed E-state index contributed by atoms with van der Waals surface area (Å²) in [7, 11) is 0. The molecule has 3 rings (SSSR count). The lowest BCUT2D eigenvalue weighted by molar-refractivity contribution is -0.112. The van der Waals surface area contributed by atoms with Crippen molar-refractivity contribution in [2.75, 3.05) is 0 Å². The first-order valence-electron chi connectivity index (χ1n) is 22.6. The highest BCUT2D eigenvalue weighted by Crippen LogP contribution is 2.20. The van der Waals surface area contributed by atoms with E-state index in [0.29, 0.717) is 17.8 Å². The third kappa shape index (κ3) is 33.8. The molecule has 0 radical (unpaired) electrons. The van der Waals surface area contributed by atoms with E-state index in [1.54, 1.807) is 0 Å². The van der Waals surface area contributed by atoms with Gasteiger partial charge in [0.05, 0.1) is 0 Å². The van der Waals surface area contributed by atoms with Crippen LogP contribution in [0.4, 0.5) is 0 Å². The Morgan fingerprint density at radius 3 is 0.588 bits per heavy atom. The molecular weight excluding hydrogens is 625 g/mol. The van der Waals surface area contributed by atoms with E-state index in [1.165, 1.54) is 211 Å². The van der Waals surface area contributed by atoms with Crippen LogP contribution in [-0.2, 0) is 14.4 Å². The normalized spacial score (nSPS) is 25.5. The summed E-state index contributed by atoms with van der Waals surface area (Å²) in [5.74, 6) is 1.03. The molecule has 0 aliphatic heterocycles. The smallest absolute Gasteiger partial charge is 0.123 e. The average molecular weight is 709 g/mol. The average Bonchev–Trinajstić information content (AvgIpc) is 3.18. The topological polar surface area (TPSA) is 51.2 Å². The Bertz CT molecular complexity index is 759. The molecule has 0 bridgehead atoms. The van der Waals surface area contributed by atoms with Gasteiger partial charge in [-0.1, -0.05) is 152 Å². The van der Waals surface area contributed by atoms with Crippen LogP contribution in [0.15, 0.2) is 36.5 Å². The van der Waals surface area contributed by atoms with Crippen molar-refractivity contribution in [3.8, 4) is 0 Å². The molecule has 294 valence electrons. The number of hydrogen-bond donors (Lipinski definition) is 0. The van der Waals surface area contributed by atoms with Crippen molar-refractivity contribution in [2.45, 2.75) is 231 Å². The molecule has 0 amide bonds. The maximum absolute atomic E-state index is 10.9. The van der Waals surface area contributed by atoms with Crippen LogP contribution in [0.1, 0.15) is 231 Å². The van der Waals surface area contributed by atoms with Crippen molar-refractivity contribution in [3.05, 3.63) is 36.5 Å².